The predicted molar refractivity (Wildman–Crippen MR) is 144 cm³/mol. The van der Waals surface area contributed by atoms with E-state index in [9.17, 15) is 9.59 Å². The Bertz CT molecular complexity index is 1710. The molecule has 1 atom stereocenters. The Morgan fingerprint density at radius 3 is 2.51 bits per heavy atom. The van der Waals surface area contributed by atoms with Gasteiger partial charge in [0.25, 0.3) is 5.56 Å². The van der Waals surface area contributed by atoms with Crippen LogP contribution in [0.5, 0.6) is 11.5 Å². The molecule has 0 saturated heterocycles. The molecule has 0 fully saturated rings. The summed E-state index contributed by atoms with van der Waals surface area (Å²) in [7, 11) is 3.19. The van der Waals surface area contributed by atoms with Crippen LogP contribution in [0.4, 0.5) is 0 Å². The number of aromatic nitrogens is 1. The number of fused-ring (bicyclic) bond motifs is 2. The number of benzene rings is 3. The van der Waals surface area contributed by atoms with Gasteiger partial charge in [0.2, 0.25) is 0 Å². The number of allylic oxidation sites excluding steroid dienone is 1. The summed E-state index contributed by atoms with van der Waals surface area (Å²) in [5, 5.41) is 1.85. The summed E-state index contributed by atoms with van der Waals surface area (Å²) in [6.45, 7) is 3.74. The van der Waals surface area contributed by atoms with E-state index >= 15 is 0 Å². The third-order valence-electron chi connectivity index (χ3n) is 6.35. The first-order chi connectivity index (χ1) is 18.0. The highest BCUT2D eigenvalue weighted by atomic mass is 32.1. The lowest BCUT2D eigenvalue weighted by molar-refractivity contribution is -0.139. The van der Waals surface area contributed by atoms with Crippen molar-refractivity contribution in [1.82, 2.24) is 4.57 Å². The van der Waals surface area contributed by atoms with Crippen molar-refractivity contribution in [2.75, 3.05) is 20.8 Å². The number of esters is 1. The molecule has 1 aliphatic heterocycles. The summed E-state index contributed by atoms with van der Waals surface area (Å²) < 4.78 is 18.5. The van der Waals surface area contributed by atoms with Crippen molar-refractivity contribution in [3.05, 3.63) is 103 Å². The molecule has 0 spiro atoms. The maximum Gasteiger partial charge on any atom is 0.338 e. The van der Waals surface area contributed by atoms with Gasteiger partial charge in [0.05, 0.1) is 36.6 Å². The predicted octanol–water partition coefficient (Wildman–Crippen LogP) is 3.97. The van der Waals surface area contributed by atoms with Crippen LogP contribution < -0.4 is 24.4 Å². The highest BCUT2D eigenvalue weighted by molar-refractivity contribution is 7.07. The van der Waals surface area contributed by atoms with Crippen LogP contribution in [0.25, 0.3) is 16.8 Å². The Balaban J connectivity index is 1.82. The minimum Gasteiger partial charge on any atom is -0.497 e. The number of nitrogens with zero attached hydrogens (tertiary/aromatic N) is 2. The summed E-state index contributed by atoms with van der Waals surface area (Å²) in [4.78, 5) is 32.4. The van der Waals surface area contributed by atoms with Crippen molar-refractivity contribution in [3.63, 3.8) is 0 Å². The quantitative estimate of drug-likeness (QED) is 0.364. The van der Waals surface area contributed by atoms with Gasteiger partial charge in [-0.05, 0) is 54.5 Å². The Labute approximate surface area is 217 Å². The lowest BCUT2D eigenvalue weighted by atomic mass is 9.90. The molecule has 0 amide bonds. The normalized spacial score (nSPS) is 15.4. The summed E-state index contributed by atoms with van der Waals surface area (Å²) >= 11 is 1.28. The number of methoxy groups -OCH3 is 2. The summed E-state index contributed by atoms with van der Waals surface area (Å²) in [6, 6.07) is 18.4. The second kappa shape index (κ2) is 10.1. The molecule has 0 N–H and O–H groups in total. The van der Waals surface area contributed by atoms with E-state index in [1.54, 1.807) is 32.6 Å². The Morgan fingerprint density at radius 2 is 1.81 bits per heavy atom. The number of carbonyl (C=O) groups is 1. The average molecular weight is 515 g/mol. The van der Waals surface area contributed by atoms with E-state index in [-0.39, 0.29) is 12.2 Å². The zero-order valence-electron chi connectivity index (χ0n) is 21.0. The van der Waals surface area contributed by atoms with Gasteiger partial charge in [-0.15, -0.1) is 0 Å². The maximum absolute atomic E-state index is 13.9. The number of rotatable bonds is 6. The topological polar surface area (TPSA) is 79.1 Å². The molecule has 5 rings (SSSR count). The minimum absolute atomic E-state index is 0.205. The third kappa shape index (κ3) is 4.34. The number of ether oxygens (including phenoxy) is 3. The van der Waals surface area contributed by atoms with Crippen LogP contribution in [0.1, 0.15) is 31.0 Å². The van der Waals surface area contributed by atoms with Crippen molar-refractivity contribution in [2.45, 2.75) is 19.9 Å². The average Bonchev–Trinajstić information content (AvgIpc) is 3.21. The van der Waals surface area contributed by atoms with Crippen LogP contribution in [0.15, 0.2) is 81.7 Å². The van der Waals surface area contributed by atoms with Crippen LogP contribution in [-0.4, -0.2) is 31.4 Å². The smallest absolute Gasteiger partial charge is 0.338 e. The standard InChI is InChI=1S/C29H26N2O5S/c1-5-36-28(33)24-17(2)30-29-31(27(32)23(37-29)16-18-10-13-20(34-3)14-11-18)26(24)25-21-9-7-6-8-19(21)12-15-22(25)35-4/h6-16,26H,5H2,1-4H3/b23-16-/t26-/m0/s1. The lowest BCUT2D eigenvalue weighted by Crippen LogP contribution is -2.40. The Morgan fingerprint density at radius 1 is 1.05 bits per heavy atom. The molecule has 0 aliphatic carbocycles. The molecule has 0 radical (unpaired) electrons. The molecular weight excluding hydrogens is 488 g/mol. The molecule has 188 valence electrons. The summed E-state index contributed by atoms with van der Waals surface area (Å²) in [5.41, 5.74) is 2.16. The van der Waals surface area contributed by atoms with Crippen LogP contribution in [0.2, 0.25) is 0 Å². The van der Waals surface area contributed by atoms with E-state index in [0.717, 1.165) is 27.6 Å². The summed E-state index contributed by atoms with van der Waals surface area (Å²) in [5.74, 6) is 0.800. The first-order valence-electron chi connectivity index (χ1n) is 11.9. The molecule has 7 nitrogen and oxygen atoms in total. The Kier molecular flexibility index (Phi) is 6.67. The monoisotopic (exact) mass is 514 g/mol. The first kappa shape index (κ1) is 24.5. The van der Waals surface area contributed by atoms with Crippen LogP contribution >= 0.6 is 11.3 Å². The SMILES string of the molecule is CCOC(=O)C1=C(C)N=c2s/c(=C\c3ccc(OC)cc3)c(=O)n2[C@@H]1c1c(OC)ccc2ccccc12. The van der Waals surface area contributed by atoms with E-state index < -0.39 is 12.0 Å². The molecular formula is C29H26N2O5S. The van der Waals surface area contributed by atoms with E-state index in [0.29, 0.717) is 26.4 Å². The van der Waals surface area contributed by atoms with Crippen molar-refractivity contribution >= 4 is 34.2 Å². The van der Waals surface area contributed by atoms with Gasteiger partial charge in [0, 0.05) is 5.56 Å². The van der Waals surface area contributed by atoms with E-state index in [4.69, 9.17) is 14.2 Å². The Hall–Kier alpha value is -4.17. The highest BCUT2D eigenvalue weighted by Gasteiger charge is 2.36. The summed E-state index contributed by atoms with van der Waals surface area (Å²) in [6.07, 6.45) is 1.82. The molecule has 1 aromatic heterocycles. The van der Waals surface area contributed by atoms with Gasteiger partial charge >= 0.3 is 5.97 Å². The van der Waals surface area contributed by atoms with Crippen LogP contribution in [0.3, 0.4) is 0 Å². The van der Waals surface area contributed by atoms with Crippen LogP contribution in [-0.2, 0) is 9.53 Å². The zero-order valence-corrected chi connectivity index (χ0v) is 21.8. The van der Waals surface area contributed by atoms with Gasteiger partial charge in [0.15, 0.2) is 4.80 Å². The van der Waals surface area contributed by atoms with Gasteiger partial charge in [0.1, 0.15) is 17.5 Å². The first-order valence-corrected chi connectivity index (χ1v) is 12.7. The number of carbonyl (C=O) groups excluding carboxylic acids is 1. The largest absolute Gasteiger partial charge is 0.497 e. The fourth-order valence-electron chi connectivity index (χ4n) is 4.65. The van der Waals surface area contributed by atoms with Crippen molar-refractivity contribution in [1.29, 1.82) is 0 Å². The van der Waals surface area contributed by atoms with Crippen molar-refractivity contribution < 1.29 is 19.0 Å². The number of hydrogen-bond donors (Lipinski definition) is 0. The van der Waals surface area contributed by atoms with Gasteiger partial charge in [-0.25, -0.2) is 9.79 Å². The fraction of sp³-hybridized carbons (Fsp3) is 0.207. The van der Waals surface area contributed by atoms with E-state index in [1.165, 1.54) is 11.3 Å². The second-order valence-corrected chi connectivity index (χ2v) is 9.49. The lowest BCUT2D eigenvalue weighted by Gasteiger charge is -2.27. The number of hydrogen-bond acceptors (Lipinski definition) is 7. The van der Waals surface area contributed by atoms with E-state index in [2.05, 4.69) is 4.99 Å². The highest BCUT2D eigenvalue weighted by Crippen LogP contribution is 2.40. The van der Waals surface area contributed by atoms with Gasteiger partial charge in [-0.3, -0.25) is 9.36 Å². The van der Waals surface area contributed by atoms with E-state index in [1.807, 2.05) is 66.7 Å². The van der Waals surface area contributed by atoms with Crippen molar-refractivity contribution in [3.8, 4) is 11.5 Å². The second-order valence-electron chi connectivity index (χ2n) is 8.48. The molecule has 0 unspecified atom stereocenters. The molecule has 0 saturated carbocycles. The van der Waals surface area contributed by atoms with Crippen molar-refractivity contribution in [2.24, 2.45) is 4.99 Å². The van der Waals surface area contributed by atoms with Crippen LogP contribution in [0, 0.1) is 0 Å². The van der Waals surface area contributed by atoms with Gasteiger partial charge in [-0.2, -0.15) is 0 Å². The number of thiazole rings is 1. The molecule has 8 heteroatoms. The zero-order chi connectivity index (χ0) is 26.1. The minimum atomic E-state index is -0.769. The molecule has 4 aromatic rings. The third-order valence-corrected chi connectivity index (χ3v) is 7.34. The van der Waals surface area contributed by atoms with Gasteiger partial charge < -0.3 is 14.2 Å². The van der Waals surface area contributed by atoms with Gasteiger partial charge in [-0.1, -0.05) is 53.8 Å². The molecule has 2 heterocycles. The molecule has 3 aromatic carbocycles. The molecule has 1 aliphatic rings. The molecule has 0 bridgehead atoms. The maximum atomic E-state index is 13.9. The fourth-order valence-corrected chi connectivity index (χ4v) is 5.70. The molecule has 37 heavy (non-hydrogen) atoms.